The van der Waals surface area contributed by atoms with Crippen LogP contribution in [0.15, 0.2) is 67.5 Å². The fourth-order valence-electron chi connectivity index (χ4n) is 4.04. The Morgan fingerprint density at radius 1 is 1.09 bits per heavy atom. The molecule has 3 N–H and O–H groups in total. The molecule has 0 bridgehead atoms. The number of nitrogens with one attached hydrogen (secondary N) is 3. The Hall–Kier alpha value is -4.52. The number of aryl methyl sites for hydroxylation is 1. The number of nitrogens with zero attached hydrogens (tertiary/aromatic N) is 3. The highest BCUT2D eigenvalue weighted by Gasteiger charge is 2.15. The van der Waals surface area contributed by atoms with Gasteiger partial charge in [0, 0.05) is 47.6 Å². The van der Waals surface area contributed by atoms with Crippen molar-refractivity contribution in [3.63, 3.8) is 0 Å². The van der Waals surface area contributed by atoms with Gasteiger partial charge in [0.2, 0.25) is 0 Å². The fraction of sp³-hybridized carbons (Fsp3) is 0.0741. The molecule has 0 amide bonds. The number of hydrogen-bond donors (Lipinski definition) is 3. The van der Waals surface area contributed by atoms with Gasteiger partial charge in [0.05, 0.1) is 16.4 Å². The molecule has 3 heterocycles. The van der Waals surface area contributed by atoms with Crippen molar-refractivity contribution in [3.8, 4) is 22.6 Å². The molecule has 0 saturated carbocycles. The molecule has 2 aromatic carbocycles. The number of pyridine rings is 1. The van der Waals surface area contributed by atoms with E-state index in [0.29, 0.717) is 22.6 Å². The second-order valence-corrected chi connectivity index (χ2v) is 7.96. The van der Waals surface area contributed by atoms with Crippen molar-refractivity contribution in [3.05, 3.63) is 95.0 Å². The predicted molar refractivity (Wildman–Crippen MR) is 134 cm³/mol. The predicted octanol–water partition coefficient (Wildman–Crippen LogP) is 3.91. The molecule has 0 unspecified atom stereocenters. The van der Waals surface area contributed by atoms with Crippen LogP contribution in [0.1, 0.15) is 11.1 Å². The van der Waals surface area contributed by atoms with Crippen molar-refractivity contribution in [1.82, 2.24) is 30.5 Å². The van der Waals surface area contributed by atoms with E-state index in [1.807, 2.05) is 56.6 Å². The number of para-hydroxylation sites is 1. The van der Waals surface area contributed by atoms with Crippen molar-refractivity contribution in [1.29, 1.82) is 0 Å². The number of aromatic amines is 2. The maximum Gasteiger partial charge on any atom is 0.159 e. The Morgan fingerprint density at radius 2 is 1.91 bits per heavy atom. The van der Waals surface area contributed by atoms with E-state index in [2.05, 4.69) is 32.1 Å². The first-order chi connectivity index (χ1) is 16.6. The van der Waals surface area contributed by atoms with Gasteiger partial charge in [-0.2, -0.15) is 5.10 Å². The minimum Gasteiger partial charge on any atom is -0.392 e. The largest absolute Gasteiger partial charge is 0.392 e. The number of imidazole rings is 1. The Morgan fingerprint density at radius 3 is 2.71 bits per heavy atom. The molecule has 168 valence electrons. The van der Waals surface area contributed by atoms with E-state index in [9.17, 15) is 4.39 Å². The second-order valence-electron chi connectivity index (χ2n) is 7.96. The highest BCUT2D eigenvalue weighted by molar-refractivity contribution is 5.94. The van der Waals surface area contributed by atoms with Gasteiger partial charge >= 0.3 is 0 Å². The van der Waals surface area contributed by atoms with Gasteiger partial charge in [-0.05, 0) is 42.3 Å². The molecular formula is C27H23FN6. The normalized spacial score (nSPS) is 12.4. The number of hydrogen-bond acceptors (Lipinski definition) is 4. The first-order valence-corrected chi connectivity index (χ1v) is 10.8. The summed E-state index contributed by atoms with van der Waals surface area (Å²) in [5, 5.41) is 12.3. The molecule has 5 rings (SSSR count). The molecule has 0 aliphatic heterocycles. The number of halogens is 1. The molecule has 0 spiro atoms. The van der Waals surface area contributed by atoms with Crippen LogP contribution < -0.4 is 15.9 Å². The second kappa shape index (κ2) is 8.78. The van der Waals surface area contributed by atoms with E-state index in [1.165, 1.54) is 6.07 Å². The van der Waals surface area contributed by atoms with E-state index >= 15 is 0 Å². The summed E-state index contributed by atoms with van der Waals surface area (Å²) in [5.74, 6) is 0.287. The van der Waals surface area contributed by atoms with Crippen LogP contribution >= 0.6 is 0 Å². The summed E-state index contributed by atoms with van der Waals surface area (Å²) < 4.78 is 14.5. The van der Waals surface area contributed by atoms with Crippen LogP contribution in [0, 0.1) is 12.7 Å². The molecule has 5 aromatic rings. The first kappa shape index (κ1) is 21.3. The van der Waals surface area contributed by atoms with Gasteiger partial charge in [-0.15, -0.1) is 0 Å². The molecule has 0 radical (unpaired) electrons. The zero-order valence-corrected chi connectivity index (χ0v) is 18.9. The summed E-state index contributed by atoms with van der Waals surface area (Å²) >= 11 is 0. The fourth-order valence-corrected chi connectivity index (χ4v) is 4.04. The van der Waals surface area contributed by atoms with Crippen molar-refractivity contribution < 1.29 is 4.39 Å². The molecule has 0 aliphatic rings. The molecule has 0 aliphatic carbocycles. The van der Waals surface area contributed by atoms with E-state index in [-0.39, 0.29) is 5.82 Å². The molecular weight excluding hydrogens is 427 g/mol. The zero-order valence-electron chi connectivity index (χ0n) is 18.9. The summed E-state index contributed by atoms with van der Waals surface area (Å²) in [6, 6.07) is 14.3. The number of H-pyrrole nitrogens is 2. The molecule has 0 atom stereocenters. The van der Waals surface area contributed by atoms with Crippen LogP contribution in [-0.2, 0) is 0 Å². The summed E-state index contributed by atoms with van der Waals surface area (Å²) in [7, 11) is 1.83. The van der Waals surface area contributed by atoms with E-state index in [4.69, 9.17) is 4.98 Å². The molecule has 0 fully saturated rings. The molecule has 3 aromatic heterocycles. The lowest BCUT2D eigenvalue weighted by molar-refractivity contribution is 0.631. The third kappa shape index (κ3) is 3.77. The first-order valence-electron chi connectivity index (χ1n) is 10.8. The molecule has 6 nitrogen and oxygen atoms in total. The minimum absolute atomic E-state index is 0.289. The zero-order chi connectivity index (χ0) is 23.7. The van der Waals surface area contributed by atoms with Gasteiger partial charge in [0.1, 0.15) is 11.5 Å². The van der Waals surface area contributed by atoms with E-state index < -0.39 is 0 Å². The van der Waals surface area contributed by atoms with Crippen LogP contribution in [-0.4, -0.2) is 32.2 Å². The van der Waals surface area contributed by atoms with Crippen molar-refractivity contribution in [2.45, 2.75) is 6.92 Å². The Bertz CT molecular complexity index is 1640. The maximum absolute atomic E-state index is 14.5. The number of rotatable bonds is 5. The average Bonchev–Trinajstić information content (AvgIpc) is 3.44. The van der Waals surface area contributed by atoms with Crippen molar-refractivity contribution in [2.24, 2.45) is 0 Å². The summed E-state index contributed by atoms with van der Waals surface area (Å²) in [5.41, 5.74) is 6.18. The van der Waals surface area contributed by atoms with Crippen molar-refractivity contribution in [2.75, 3.05) is 7.05 Å². The van der Waals surface area contributed by atoms with Crippen LogP contribution in [0.5, 0.6) is 0 Å². The number of benzene rings is 2. The molecule has 0 saturated heterocycles. The Balaban J connectivity index is 1.70. The lowest BCUT2D eigenvalue weighted by Crippen LogP contribution is -2.26. The standard InChI is InChI=1S/C27H23FN6/c1-16-11-12-30-14-21(16)17(2)13-20-24(15-29-3)33-34-26(20)27-31-23-10-6-8-19(25(23)32-27)18-7-4-5-9-22(18)28/h4-15,29,33H,2H2,1,3H3,(H,31,32)/b20-13+,24-15+. The van der Waals surface area contributed by atoms with E-state index in [1.54, 1.807) is 24.5 Å². The summed E-state index contributed by atoms with van der Waals surface area (Å²) in [4.78, 5) is 12.4. The van der Waals surface area contributed by atoms with Gasteiger partial charge in [-0.3, -0.25) is 10.1 Å². The van der Waals surface area contributed by atoms with E-state index in [0.717, 1.165) is 38.3 Å². The van der Waals surface area contributed by atoms with Crippen LogP contribution in [0.4, 0.5) is 4.39 Å². The number of aromatic nitrogens is 5. The van der Waals surface area contributed by atoms with Gasteiger partial charge in [0.25, 0.3) is 0 Å². The highest BCUT2D eigenvalue weighted by atomic mass is 19.1. The third-order valence-electron chi connectivity index (χ3n) is 5.73. The highest BCUT2D eigenvalue weighted by Crippen LogP contribution is 2.30. The smallest absolute Gasteiger partial charge is 0.159 e. The number of allylic oxidation sites excluding steroid dienone is 1. The number of fused-ring (bicyclic) bond motifs is 1. The lowest BCUT2D eigenvalue weighted by atomic mass is 10.0. The molecule has 7 heteroatoms. The average molecular weight is 451 g/mol. The van der Waals surface area contributed by atoms with Gasteiger partial charge in [0.15, 0.2) is 5.82 Å². The maximum atomic E-state index is 14.5. The SMILES string of the molecule is C=C(/C=c1/c(-c2nc3c(-c4ccccc4F)cccc3[nH]2)n[nH]/c1=C/NC)c1cnccc1C. The lowest BCUT2D eigenvalue weighted by Gasteiger charge is -2.04. The Kier molecular flexibility index (Phi) is 5.51. The van der Waals surface area contributed by atoms with Gasteiger partial charge in [-0.1, -0.05) is 36.9 Å². The summed E-state index contributed by atoms with van der Waals surface area (Å²) in [6.45, 7) is 6.28. The monoisotopic (exact) mass is 450 g/mol. The van der Waals surface area contributed by atoms with Crippen LogP contribution in [0.25, 0.3) is 51.5 Å². The Labute approximate surface area is 195 Å². The molecule has 34 heavy (non-hydrogen) atoms. The minimum atomic E-state index is -0.289. The van der Waals surface area contributed by atoms with Gasteiger partial charge in [-0.25, -0.2) is 9.37 Å². The van der Waals surface area contributed by atoms with Crippen LogP contribution in [0.3, 0.4) is 0 Å². The van der Waals surface area contributed by atoms with Crippen LogP contribution in [0.2, 0.25) is 0 Å². The topological polar surface area (TPSA) is 82.3 Å². The summed E-state index contributed by atoms with van der Waals surface area (Å²) in [6.07, 6.45) is 7.37. The van der Waals surface area contributed by atoms with Crippen molar-refractivity contribution >= 4 is 28.9 Å². The quantitative estimate of drug-likeness (QED) is 0.379. The third-order valence-corrected chi connectivity index (χ3v) is 5.73. The van der Waals surface area contributed by atoms with Gasteiger partial charge < -0.3 is 10.3 Å².